The maximum absolute atomic E-state index is 12.8. The first kappa shape index (κ1) is 15.3. The molecule has 1 aromatic rings. The molecule has 0 bridgehead atoms. The van der Waals surface area contributed by atoms with Crippen LogP contribution < -0.4 is 10.6 Å². The molecule has 6 nitrogen and oxygen atoms in total. The minimum Gasteiger partial charge on any atom is -0.409 e. The van der Waals surface area contributed by atoms with Gasteiger partial charge in [0, 0.05) is 25.3 Å². The number of nitrogens with zero attached hydrogens (tertiary/aromatic N) is 2. The van der Waals surface area contributed by atoms with E-state index in [9.17, 15) is 4.79 Å². The topological polar surface area (TPSA) is 88.2 Å². The maximum Gasteiger partial charge on any atom is 0.232 e. The van der Waals surface area contributed by atoms with Crippen molar-refractivity contribution in [2.45, 2.75) is 25.9 Å². The van der Waals surface area contributed by atoms with Crippen LogP contribution in [0.15, 0.2) is 35.5 Å². The van der Waals surface area contributed by atoms with E-state index in [4.69, 9.17) is 15.7 Å². The molecular weight excluding hydrogens is 270 g/mol. The number of carbonyl (C=O) groups excluding carboxylic acids is 1. The molecule has 1 saturated heterocycles. The number of rotatable bonds is 5. The van der Waals surface area contributed by atoms with Gasteiger partial charge in [0.25, 0.3) is 0 Å². The van der Waals surface area contributed by atoms with Crippen LogP contribution in [0.25, 0.3) is 0 Å². The molecule has 1 fully saturated rings. The summed E-state index contributed by atoms with van der Waals surface area (Å²) in [5, 5.41) is 11.6. The monoisotopic (exact) mass is 291 g/mol. The predicted octanol–water partition coefficient (Wildman–Crippen LogP) is 1.58. The quantitative estimate of drug-likeness (QED) is 0.373. The van der Waals surface area contributed by atoms with Crippen LogP contribution in [0.3, 0.4) is 0 Å². The van der Waals surface area contributed by atoms with Crippen molar-refractivity contribution in [3.63, 3.8) is 0 Å². The Labute approximate surface area is 124 Å². The third kappa shape index (κ3) is 3.72. The van der Waals surface area contributed by atoms with Crippen molar-refractivity contribution in [3.05, 3.63) is 30.3 Å². The number of nitrogens with two attached hydrogens (primary N) is 1. The second kappa shape index (κ2) is 7.08. The highest BCUT2D eigenvalue weighted by atomic mass is 16.5. The first-order valence-corrected chi connectivity index (χ1v) is 7.08. The molecule has 1 aliphatic heterocycles. The summed E-state index contributed by atoms with van der Waals surface area (Å²) in [7, 11) is 0. The lowest BCUT2D eigenvalue weighted by Gasteiger charge is -2.26. The molecule has 0 saturated carbocycles. The van der Waals surface area contributed by atoms with Crippen molar-refractivity contribution in [1.82, 2.24) is 0 Å². The van der Waals surface area contributed by atoms with Gasteiger partial charge in [-0.2, -0.15) is 0 Å². The lowest BCUT2D eigenvalue weighted by atomic mass is 10.0. The molecule has 114 valence electrons. The fraction of sp³-hybridized carbons (Fsp3) is 0.467. The Balaban J connectivity index is 2.17. The molecular formula is C15H21N3O3. The van der Waals surface area contributed by atoms with Gasteiger partial charge in [-0.3, -0.25) is 4.79 Å². The zero-order chi connectivity index (χ0) is 15.2. The Morgan fingerprint density at radius 2 is 2.19 bits per heavy atom. The molecule has 2 atom stereocenters. The number of ether oxygens (including phenoxy) is 1. The fourth-order valence-electron chi connectivity index (χ4n) is 2.51. The number of hydrogen-bond donors (Lipinski definition) is 2. The minimum atomic E-state index is -0.141. The highest BCUT2D eigenvalue weighted by molar-refractivity contribution is 5.96. The molecule has 2 rings (SSSR count). The van der Waals surface area contributed by atoms with Crippen LogP contribution in [-0.4, -0.2) is 36.2 Å². The van der Waals surface area contributed by atoms with Crippen molar-refractivity contribution in [1.29, 1.82) is 0 Å². The Morgan fingerprint density at radius 3 is 2.76 bits per heavy atom. The van der Waals surface area contributed by atoms with Gasteiger partial charge in [0.15, 0.2) is 0 Å². The summed E-state index contributed by atoms with van der Waals surface area (Å²) in [6.07, 6.45) is 0.971. The van der Waals surface area contributed by atoms with Gasteiger partial charge in [-0.05, 0) is 25.5 Å². The molecule has 21 heavy (non-hydrogen) atoms. The zero-order valence-electron chi connectivity index (χ0n) is 12.1. The summed E-state index contributed by atoms with van der Waals surface area (Å²) in [6.45, 7) is 2.91. The first-order chi connectivity index (χ1) is 10.1. The van der Waals surface area contributed by atoms with Crippen LogP contribution in [0, 0.1) is 5.92 Å². The Hall–Kier alpha value is -2.08. The summed E-state index contributed by atoms with van der Waals surface area (Å²) in [5.41, 5.74) is 6.33. The molecule has 2 unspecified atom stereocenters. The molecule has 1 amide bonds. The largest absolute Gasteiger partial charge is 0.409 e. The van der Waals surface area contributed by atoms with Gasteiger partial charge in [0.05, 0.1) is 12.0 Å². The van der Waals surface area contributed by atoms with Crippen LogP contribution in [0.1, 0.15) is 19.8 Å². The van der Waals surface area contributed by atoms with E-state index < -0.39 is 0 Å². The minimum absolute atomic E-state index is 0.0249. The average Bonchev–Trinajstić information content (AvgIpc) is 2.94. The summed E-state index contributed by atoms with van der Waals surface area (Å²) in [5.74, 6) is -0.00566. The van der Waals surface area contributed by atoms with Crippen LogP contribution >= 0.6 is 0 Å². The van der Waals surface area contributed by atoms with Gasteiger partial charge in [0.1, 0.15) is 5.84 Å². The van der Waals surface area contributed by atoms with Gasteiger partial charge >= 0.3 is 0 Å². The van der Waals surface area contributed by atoms with E-state index in [1.165, 1.54) is 0 Å². The predicted molar refractivity (Wildman–Crippen MR) is 80.3 cm³/mol. The normalized spacial score (nSPS) is 22.2. The van der Waals surface area contributed by atoms with E-state index in [1.54, 1.807) is 4.90 Å². The summed E-state index contributed by atoms with van der Waals surface area (Å²) < 4.78 is 5.48. The van der Waals surface area contributed by atoms with E-state index in [0.717, 1.165) is 12.1 Å². The third-order valence-corrected chi connectivity index (χ3v) is 3.75. The van der Waals surface area contributed by atoms with Crippen LogP contribution in [-0.2, 0) is 9.53 Å². The van der Waals surface area contributed by atoms with E-state index in [0.29, 0.717) is 19.6 Å². The van der Waals surface area contributed by atoms with Gasteiger partial charge in [-0.15, -0.1) is 0 Å². The standard InChI is InChI=1S/C15H21N3O3/c1-11-13(8-10-21-11)15(19)18(9-7-14(16)17-20)12-5-3-2-4-6-12/h2-6,11,13,20H,7-10H2,1H3,(H2,16,17). The molecule has 0 aromatic heterocycles. The molecule has 1 aliphatic rings. The number of hydrogen-bond acceptors (Lipinski definition) is 4. The van der Waals surface area contributed by atoms with Gasteiger partial charge in [-0.25, -0.2) is 0 Å². The van der Waals surface area contributed by atoms with Crippen LogP contribution in [0.2, 0.25) is 0 Å². The Morgan fingerprint density at radius 1 is 1.48 bits per heavy atom. The number of anilines is 1. The van der Waals surface area contributed by atoms with E-state index in [1.807, 2.05) is 37.3 Å². The molecule has 0 spiro atoms. The second-order valence-corrected chi connectivity index (χ2v) is 5.14. The van der Waals surface area contributed by atoms with E-state index >= 15 is 0 Å². The number of carbonyl (C=O) groups is 1. The van der Waals surface area contributed by atoms with Crippen molar-refractivity contribution >= 4 is 17.4 Å². The Bertz CT molecular complexity index is 504. The number of oxime groups is 1. The summed E-state index contributed by atoms with van der Waals surface area (Å²) in [4.78, 5) is 14.4. The number of amides is 1. The first-order valence-electron chi connectivity index (χ1n) is 7.08. The highest BCUT2D eigenvalue weighted by Gasteiger charge is 2.34. The smallest absolute Gasteiger partial charge is 0.232 e. The molecule has 1 aromatic carbocycles. The van der Waals surface area contributed by atoms with Gasteiger partial charge in [0.2, 0.25) is 5.91 Å². The fourth-order valence-corrected chi connectivity index (χ4v) is 2.51. The molecule has 1 heterocycles. The third-order valence-electron chi connectivity index (χ3n) is 3.75. The summed E-state index contributed by atoms with van der Waals surface area (Å²) in [6, 6.07) is 9.42. The van der Waals surface area contributed by atoms with Crippen LogP contribution in [0.4, 0.5) is 5.69 Å². The number of amidine groups is 1. The summed E-state index contributed by atoms with van der Waals surface area (Å²) >= 11 is 0. The molecule has 0 radical (unpaired) electrons. The van der Waals surface area contributed by atoms with Crippen molar-refractivity contribution in [2.75, 3.05) is 18.1 Å². The highest BCUT2D eigenvalue weighted by Crippen LogP contribution is 2.25. The maximum atomic E-state index is 12.8. The lowest BCUT2D eigenvalue weighted by molar-refractivity contribution is -0.123. The van der Waals surface area contributed by atoms with Crippen molar-refractivity contribution < 1.29 is 14.7 Å². The molecule has 0 aliphatic carbocycles. The number of benzene rings is 1. The van der Waals surface area contributed by atoms with Crippen molar-refractivity contribution in [2.24, 2.45) is 16.8 Å². The zero-order valence-corrected chi connectivity index (χ0v) is 12.1. The second-order valence-electron chi connectivity index (χ2n) is 5.14. The van der Waals surface area contributed by atoms with E-state index in [2.05, 4.69) is 5.16 Å². The SMILES string of the molecule is CC1OCCC1C(=O)N(CCC(N)=NO)c1ccccc1. The lowest BCUT2D eigenvalue weighted by Crippen LogP contribution is -2.40. The van der Waals surface area contributed by atoms with Gasteiger partial charge < -0.3 is 20.6 Å². The average molecular weight is 291 g/mol. The van der Waals surface area contributed by atoms with Gasteiger partial charge in [-0.1, -0.05) is 23.4 Å². The molecule has 3 N–H and O–H groups in total. The van der Waals surface area contributed by atoms with Crippen molar-refractivity contribution in [3.8, 4) is 0 Å². The number of para-hydroxylation sites is 1. The Kier molecular flexibility index (Phi) is 5.16. The molecule has 6 heteroatoms. The van der Waals surface area contributed by atoms with E-state index in [-0.39, 0.29) is 23.8 Å². The van der Waals surface area contributed by atoms with Crippen LogP contribution in [0.5, 0.6) is 0 Å².